The molecule has 0 aliphatic rings. The van der Waals surface area contributed by atoms with E-state index >= 15 is 0 Å². The quantitative estimate of drug-likeness (QED) is 0.746. The number of amides is 1. The van der Waals surface area contributed by atoms with Crippen molar-refractivity contribution in [3.8, 4) is 0 Å². The van der Waals surface area contributed by atoms with Crippen LogP contribution >= 0.6 is 0 Å². The lowest BCUT2D eigenvalue weighted by atomic mass is 9.93. The monoisotopic (exact) mass is 388 g/mol. The van der Waals surface area contributed by atoms with Crippen molar-refractivity contribution in [1.29, 1.82) is 0 Å². The largest absolute Gasteiger partial charge is 0.349 e. The van der Waals surface area contributed by atoms with E-state index in [9.17, 15) is 13.2 Å². The summed E-state index contributed by atoms with van der Waals surface area (Å²) in [7, 11) is -3.79. The minimum Gasteiger partial charge on any atom is -0.349 e. The van der Waals surface area contributed by atoms with Crippen LogP contribution in [0.15, 0.2) is 53.4 Å². The van der Waals surface area contributed by atoms with Gasteiger partial charge >= 0.3 is 0 Å². The minimum absolute atomic E-state index is 0.0151. The topological polar surface area (TPSA) is 75.3 Å². The van der Waals surface area contributed by atoms with Gasteiger partial charge in [0.2, 0.25) is 0 Å². The highest BCUT2D eigenvalue weighted by Crippen LogP contribution is 2.21. The molecule has 0 spiro atoms. The van der Waals surface area contributed by atoms with Crippen LogP contribution in [-0.4, -0.2) is 20.4 Å². The highest BCUT2D eigenvalue weighted by Gasteiger charge is 2.23. The average Bonchev–Trinajstić information content (AvgIpc) is 2.59. The van der Waals surface area contributed by atoms with Crippen molar-refractivity contribution in [3.63, 3.8) is 0 Å². The predicted molar refractivity (Wildman–Crippen MR) is 109 cm³/mol. The zero-order valence-corrected chi connectivity index (χ0v) is 17.3. The van der Waals surface area contributed by atoms with E-state index in [0.717, 1.165) is 0 Å². The van der Waals surface area contributed by atoms with Crippen LogP contribution in [0, 0.1) is 18.8 Å². The number of nitrogens with one attached hydrogen (secondary N) is 2. The summed E-state index contributed by atoms with van der Waals surface area (Å²) >= 11 is 0. The number of hydrogen-bond acceptors (Lipinski definition) is 3. The summed E-state index contributed by atoms with van der Waals surface area (Å²) in [4.78, 5) is 12.8. The van der Waals surface area contributed by atoms with Crippen LogP contribution in [0.3, 0.4) is 0 Å². The second kappa shape index (κ2) is 8.57. The molecule has 0 aliphatic carbocycles. The summed E-state index contributed by atoms with van der Waals surface area (Å²) in [5.74, 6) is 0.295. The summed E-state index contributed by atoms with van der Waals surface area (Å²) in [6.45, 7) is 9.94. The molecule has 0 aromatic heterocycles. The molecular weight excluding hydrogens is 360 g/mol. The molecule has 0 unspecified atom stereocenters. The van der Waals surface area contributed by atoms with Gasteiger partial charge in [-0.2, -0.15) is 0 Å². The van der Waals surface area contributed by atoms with Crippen LogP contribution in [-0.2, 0) is 10.0 Å². The van der Waals surface area contributed by atoms with Gasteiger partial charge in [-0.1, -0.05) is 52.0 Å². The van der Waals surface area contributed by atoms with E-state index in [2.05, 4.69) is 37.7 Å². The van der Waals surface area contributed by atoms with E-state index in [0.29, 0.717) is 16.8 Å². The van der Waals surface area contributed by atoms with E-state index in [1.54, 1.807) is 43.3 Å². The fraction of sp³-hybridized carbons (Fsp3) is 0.381. The molecule has 0 fully saturated rings. The fourth-order valence-electron chi connectivity index (χ4n) is 3.09. The van der Waals surface area contributed by atoms with Crippen molar-refractivity contribution in [2.24, 2.45) is 11.8 Å². The van der Waals surface area contributed by atoms with Crippen molar-refractivity contribution in [1.82, 2.24) is 5.32 Å². The SMILES string of the molecule is Cc1ccc(C(=O)NC(C(C)C)C(C)C)cc1S(=O)(=O)Nc1ccccc1. The Hall–Kier alpha value is -2.34. The molecule has 2 aromatic carbocycles. The van der Waals surface area contributed by atoms with E-state index in [4.69, 9.17) is 0 Å². The Balaban J connectivity index is 2.31. The van der Waals surface area contributed by atoms with Gasteiger partial charge in [-0.15, -0.1) is 0 Å². The predicted octanol–water partition coefficient (Wildman–Crippen LogP) is 4.21. The number of rotatable bonds is 7. The highest BCUT2D eigenvalue weighted by atomic mass is 32.2. The van der Waals surface area contributed by atoms with Crippen molar-refractivity contribution in [2.75, 3.05) is 4.72 Å². The molecule has 27 heavy (non-hydrogen) atoms. The standard InChI is InChI=1S/C21H28N2O3S/c1-14(2)20(15(3)4)22-21(24)17-12-11-16(5)19(13-17)27(25,26)23-18-9-7-6-8-10-18/h6-15,20,23H,1-5H3,(H,22,24). The lowest BCUT2D eigenvalue weighted by molar-refractivity contribution is 0.0910. The normalized spacial score (nSPS) is 11.9. The Bertz CT molecular complexity index is 883. The lowest BCUT2D eigenvalue weighted by Crippen LogP contribution is -2.42. The first-order chi connectivity index (χ1) is 12.6. The average molecular weight is 389 g/mol. The molecular formula is C21H28N2O3S. The maximum atomic E-state index is 12.8. The molecule has 0 bridgehead atoms. The number of benzene rings is 2. The molecule has 146 valence electrons. The Morgan fingerprint density at radius 1 is 0.926 bits per heavy atom. The molecule has 2 rings (SSSR count). The number of sulfonamides is 1. The summed E-state index contributed by atoms with van der Waals surface area (Å²) in [5, 5.41) is 3.03. The van der Waals surface area contributed by atoms with E-state index < -0.39 is 10.0 Å². The Morgan fingerprint density at radius 3 is 2.07 bits per heavy atom. The van der Waals surface area contributed by atoms with Crippen molar-refractivity contribution < 1.29 is 13.2 Å². The Labute approximate surface area is 162 Å². The van der Waals surface area contributed by atoms with Gasteiger partial charge in [0.05, 0.1) is 4.90 Å². The van der Waals surface area contributed by atoms with Gasteiger partial charge < -0.3 is 5.32 Å². The summed E-state index contributed by atoms with van der Waals surface area (Å²) in [6.07, 6.45) is 0. The third-order valence-corrected chi connectivity index (χ3v) is 6.02. The van der Waals surface area contributed by atoms with Crippen LogP contribution < -0.4 is 10.0 Å². The zero-order chi connectivity index (χ0) is 20.2. The molecule has 2 N–H and O–H groups in total. The lowest BCUT2D eigenvalue weighted by Gasteiger charge is -2.26. The molecule has 6 heteroatoms. The van der Waals surface area contributed by atoms with Gasteiger partial charge in [0.1, 0.15) is 0 Å². The third kappa shape index (κ3) is 5.32. The van der Waals surface area contributed by atoms with E-state index in [1.807, 2.05) is 6.07 Å². The maximum Gasteiger partial charge on any atom is 0.262 e. The molecule has 2 aromatic rings. The number of anilines is 1. The molecule has 0 saturated heterocycles. The van der Waals surface area contributed by atoms with Crippen molar-refractivity contribution in [2.45, 2.75) is 45.6 Å². The third-order valence-electron chi connectivity index (χ3n) is 4.50. The minimum atomic E-state index is -3.79. The maximum absolute atomic E-state index is 12.8. The molecule has 1 amide bonds. The van der Waals surface area contributed by atoms with E-state index in [-0.39, 0.29) is 28.7 Å². The molecule has 0 heterocycles. The second-order valence-corrected chi connectivity index (χ2v) is 9.09. The smallest absolute Gasteiger partial charge is 0.262 e. The number of carbonyl (C=O) groups excluding carboxylic acids is 1. The summed E-state index contributed by atoms with van der Waals surface area (Å²) < 4.78 is 28.1. The fourth-order valence-corrected chi connectivity index (χ4v) is 4.42. The molecule has 0 aliphatic heterocycles. The number of aryl methyl sites for hydroxylation is 1. The van der Waals surface area contributed by atoms with Crippen molar-refractivity contribution in [3.05, 3.63) is 59.7 Å². The Morgan fingerprint density at radius 2 is 1.52 bits per heavy atom. The van der Waals surface area contributed by atoms with E-state index in [1.165, 1.54) is 6.07 Å². The van der Waals surface area contributed by atoms with Crippen LogP contribution in [0.1, 0.15) is 43.6 Å². The van der Waals surface area contributed by atoms with Crippen LogP contribution in [0.2, 0.25) is 0 Å². The first-order valence-corrected chi connectivity index (χ1v) is 10.6. The van der Waals surface area contributed by atoms with Crippen LogP contribution in [0.5, 0.6) is 0 Å². The van der Waals surface area contributed by atoms with Gasteiger partial charge in [0, 0.05) is 17.3 Å². The number of hydrogen-bond donors (Lipinski definition) is 2. The van der Waals surface area contributed by atoms with Gasteiger partial charge in [-0.3, -0.25) is 9.52 Å². The van der Waals surface area contributed by atoms with Gasteiger partial charge in [-0.05, 0) is 48.6 Å². The number of carbonyl (C=O) groups is 1. The second-order valence-electron chi connectivity index (χ2n) is 7.44. The molecule has 0 radical (unpaired) electrons. The van der Waals surface area contributed by atoms with Crippen LogP contribution in [0.4, 0.5) is 5.69 Å². The first-order valence-electron chi connectivity index (χ1n) is 9.11. The van der Waals surface area contributed by atoms with Gasteiger partial charge in [0.15, 0.2) is 0 Å². The Kier molecular flexibility index (Phi) is 6.65. The molecule has 0 atom stereocenters. The number of para-hydroxylation sites is 1. The molecule has 5 nitrogen and oxygen atoms in total. The van der Waals surface area contributed by atoms with Gasteiger partial charge in [-0.25, -0.2) is 8.42 Å². The van der Waals surface area contributed by atoms with Crippen molar-refractivity contribution >= 4 is 21.6 Å². The zero-order valence-electron chi connectivity index (χ0n) is 16.5. The summed E-state index contributed by atoms with van der Waals surface area (Å²) in [5.41, 5.74) is 1.39. The highest BCUT2D eigenvalue weighted by molar-refractivity contribution is 7.92. The van der Waals surface area contributed by atoms with Gasteiger partial charge in [0.25, 0.3) is 15.9 Å². The first kappa shape index (κ1) is 21.0. The van der Waals surface area contributed by atoms with Crippen LogP contribution in [0.25, 0.3) is 0 Å². The summed E-state index contributed by atoms with van der Waals surface area (Å²) in [6, 6.07) is 13.5. The molecule has 0 saturated carbocycles.